The van der Waals surface area contributed by atoms with Crippen LogP contribution in [0.15, 0.2) is 54.9 Å². The number of H-pyrrole nitrogens is 1. The van der Waals surface area contributed by atoms with E-state index in [1.54, 1.807) is 24.5 Å². The van der Waals surface area contributed by atoms with E-state index in [0.717, 1.165) is 16.0 Å². The number of carbonyl (C=O) groups excluding carboxylic acids is 2. The fourth-order valence-corrected chi connectivity index (χ4v) is 3.44. The molecule has 1 aromatic carbocycles. The fraction of sp³-hybridized carbons (Fsp3) is 0.0556. The Balaban J connectivity index is 1.58. The summed E-state index contributed by atoms with van der Waals surface area (Å²) in [5.74, 6) is -0.409. The SMILES string of the molecule is CC(=O)[n+]1ccc(C(=O)Nc2nc3n[nH]c(-c4ccccc4)c3s2)cc1. The highest BCUT2D eigenvalue weighted by Gasteiger charge is 2.16. The molecular weight excluding hydrogens is 350 g/mol. The number of rotatable bonds is 3. The number of aromatic amines is 1. The Kier molecular flexibility index (Phi) is 4.02. The van der Waals surface area contributed by atoms with Gasteiger partial charge in [0.05, 0.1) is 18.2 Å². The summed E-state index contributed by atoms with van der Waals surface area (Å²) in [6.07, 6.45) is 3.11. The van der Waals surface area contributed by atoms with Crippen LogP contribution in [0.1, 0.15) is 22.1 Å². The highest BCUT2D eigenvalue weighted by atomic mass is 32.1. The van der Waals surface area contributed by atoms with Crippen LogP contribution >= 0.6 is 11.3 Å². The molecule has 7 nitrogen and oxygen atoms in total. The van der Waals surface area contributed by atoms with Crippen molar-refractivity contribution >= 4 is 38.6 Å². The average molecular weight is 364 g/mol. The first-order chi connectivity index (χ1) is 12.6. The zero-order chi connectivity index (χ0) is 18.1. The number of nitrogens with one attached hydrogen (secondary N) is 2. The molecule has 4 aromatic rings. The minimum absolute atomic E-state index is 0.119. The van der Waals surface area contributed by atoms with E-state index in [0.29, 0.717) is 16.3 Å². The van der Waals surface area contributed by atoms with Crippen molar-refractivity contribution in [1.82, 2.24) is 15.2 Å². The molecule has 0 atom stereocenters. The van der Waals surface area contributed by atoms with Gasteiger partial charge in [-0.2, -0.15) is 10.1 Å². The molecule has 0 aliphatic carbocycles. The molecule has 0 aliphatic heterocycles. The first kappa shape index (κ1) is 16.1. The molecular formula is C18H14N5O2S+. The lowest BCUT2D eigenvalue weighted by Gasteiger charge is -2.00. The second kappa shape index (κ2) is 6.49. The number of carbonyl (C=O) groups is 2. The second-order valence-electron chi connectivity index (χ2n) is 5.60. The quantitative estimate of drug-likeness (QED) is 0.547. The number of benzene rings is 1. The zero-order valence-electron chi connectivity index (χ0n) is 13.8. The summed E-state index contributed by atoms with van der Waals surface area (Å²) in [6.45, 7) is 1.45. The maximum absolute atomic E-state index is 12.4. The molecule has 8 heteroatoms. The fourth-order valence-electron chi connectivity index (χ4n) is 2.52. The number of thiazole rings is 1. The van der Waals surface area contributed by atoms with E-state index in [1.165, 1.54) is 22.8 Å². The Hall–Kier alpha value is -3.39. The minimum atomic E-state index is -0.289. The van der Waals surface area contributed by atoms with Gasteiger partial charge in [0.25, 0.3) is 5.91 Å². The van der Waals surface area contributed by atoms with Crippen LogP contribution in [-0.2, 0) is 0 Å². The third-order valence-corrected chi connectivity index (χ3v) is 4.83. The van der Waals surface area contributed by atoms with E-state index < -0.39 is 0 Å². The van der Waals surface area contributed by atoms with Crippen LogP contribution < -0.4 is 9.88 Å². The largest absolute Gasteiger partial charge is 0.389 e. The van der Waals surface area contributed by atoms with E-state index in [9.17, 15) is 9.59 Å². The highest BCUT2D eigenvalue weighted by Crippen LogP contribution is 2.33. The van der Waals surface area contributed by atoms with Crippen LogP contribution in [0.4, 0.5) is 5.13 Å². The Morgan fingerprint density at radius 3 is 2.54 bits per heavy atom. The van der Waals surface area contributed by atoms with Gasteiger partial charge in [0.1, 0.15) is 4.70 Å². The Bertz CT molecular complexity index is 1100. The van der Waals surface area contributed by atoms with Crippen LogP contribution in [0, 0.1) is 0 Å². The number of fused-ring (bicyclic) bond motifs is 1. The molecule has 0 aliphatic rings. The van der Waals surface area contributed by atoms with Crippen molar-refractivity contribution in [3.8, 4) is 11.3 Å². The van der Waals surface area contributed by atoms with E-state index in [-0.39, 0.29) is 11.8 Å². The van der Waals surface area contributed by atoms with E-state index in [4.69, 9.17) is 0 Å². The first-order valence-electron chi connectivity index (χ1n) is 7.86. The smallest absolute Gasteiger partial charge is 0.298 e. The van der Waals surface area contributed by atoms with Crippen LogP contribution in [-0.4, -0.2) is 27.0 Å². The summed E-state index contributed by atoms with van der Waals surface area (Å²) in [5, 5.41) is 10.5. The van der Waals surface area contributed by atoms with Crippen molar-refractivity contribution < 1.29 is 14.2 Å². The second-order valence-corrected chi connectivity index (χ2v) is 6.60. The van der Waals surface area contributed by atoms with E-state index >= 15 is 0 Å². The van der Waals surface area contributed by atoms with Gasteiger partial charge in [-0.1, -0.05) is 41.7 Å². The van der Waals surface area contributed by atoms with Gasteiger partial charge in [0.2, 0.25) is 0 Å². The monoisotopic (exact) mass is 364 g/mol. The van der Waals surface area contributed by atoms with Gasteiger partial charge in [0.15, 0.2) is 23.2 Å². The lowest BCUT2D eigenvalue weighted by Crippen LogP contribution is -2.39. The molecule has 128 valence electrons. The summed E-state index contributed by atoms with van der Waals surface area (Å²) >= 11 is 1.36. The number of anilines is 1. The third-order valence-electron chi connectivity index (χ3n) is 3.85. The molecule has 0 bridgehead atoms. The Morgan fingerprint density at radius 1 is 1.12 bits per heavy atom. The molecule has 3 aromatic heterocycles. The standard InChI is InChI=1S/C18H13N5O2S/c1-11(24)23-9-7-13(8-10-23)17(25)20-18-19-16-15(26-18)14(21-22-16)12-5-3-2-4-6-12/h2-10,25H,1H3/p+1. The molecule has 0 fully saturated rings. The molecule has 0 spiro atoms. The Morgan fingerprint density at radius 2 is 1.85 bits per heavy atom. The van der Waals surface area contributed by atoms with Crippen molar-refractivity contribution in [2.75, 3.05) is 5.32 Å². The molecule has 3 heterocycles. The molecule has 0 unspecified atom stereocenters. The van der Waals surface area contributed by atoms with Gasteiger partial charge < -0.3 is 0 Å². The maximum atomic E-state index is 12.4. The number of hydrogen-bond acceptors (Lipinski definition) is 5. The minimum Gasteiger partial charge on any atom is -0.298 e. The number of amides is 1. The average Bonchev–Trinajstić information content (AvgIpc) is 3.22. The van der Waals surface area contributed by atoms with Crippen molar-refractivity contribution in [1.29, 1.82) is 0 Å². The van der Waals surface area contributed by atoms with Crippen LogP contribution in [0.3, 0.4) is 0 Å². The van der Waals surface area contributed by atoms with Gasteiger partial charge in [-0.25, -0.2) is 4.79 Å². The molecule has 0 radical (unpaired) electrons. The summed E-state index contributed by atoms with van der Waals surface area (Å²) in [5.41, 5.74) is 2.89. The highest BCUT2D eigenvalue weighted by molar-refractivity contribution is 7.22. The van der Waals surface area contributed by atoms with Crippen LogP contribution in [0.25, 0.3) is 21.6 Å². The first-order valence-corrected chi connectivity index (χ1v) is 8.67. The molecule has 0 saturated heterocycles. The lowest BCUT2D eigenvalue weighted by atomic mass is 10.2. The van der Waals surface area contributed by atoms with Gasteiger partial charge in [-0.05, 0) is 0 Å². The summed E-state index contributed by atoms with van der Waals surface area (Å²) in [6, 6.07) is 13.0. The summed E-state index contributed by atoms with van der Waals surface area (Å²) in [4.78, 5) is 28.0. The van der Waals surface area contributed by atoms with E-state index in [1.807, 2.05) is 30.3 Å². The molecule has 26 heavy (non-hydrogen) atoms. The van der Waals surface area contributed by atoms with Gasteiger partial charge >= 0.3 is 5.91 Å². The van der Waals surface area contributed by atoms with Crippen LogP contribution in [0.5, 0.6) is 0 Å². The molecule has 0 saturated carbocycles. The predicted octanol–water partition coefficient (Wildman–Crippen LogP) is 2.89. The third kappa shape index (κ3) is 2.98. The number of aromatic nitrogens is 4. The summed E-state index contributed by atoms with van der Waals surface area (Å²) in [7, 11) is 0. The predicted molar refractivity (Wildman–Crippen MR) is 98.1 cm³/mol. The maximum Gasteiger partial charge on any atom is 0.389 e. The van der Waals surface area contributed by atoms with Gasteiger partial charge in [-0.3, -0.25) is 15.2 Å². The normalized spacial score (nSPS) is 10.8. The molecule has 2 N–H and O–H groups in total. The van der Waals surface area contributed by atoms with Crippen molar-refractivity contribution in [2.45, 2.75) is 6.92 Å². The van der Waals surface area contributed by atoms with Crippen molar-refractivity contribution in [3.05, 3.63) is 60.4 Å². The summed E-state index contributed by atoms with van der Waals surface area (Å²) < 4.78 is 2.29. The molecule has 4 rings (SSSR count). The van der Waals surface area contributed by atoms with E-state index in [2.05, 4.69) is 20.5 Å². The van der Waals surface area contributed by atoms with Gasteiger partial charge in [0, 0.05) is 17.7 Å². The zero-order valence-corrected chi connectivity index (χ0v) is 14.6. The number of hydrogen-bond donors (Lipinski definition) is 2. The molecule has 1 amide bonds. The van der Waals surface area contributed by atoms with Gasteiger partial charge in [-0.15, -0.1) is 4.57 Å². The number of pyridine rings is 1. The van der Waals surface area contributed by atoms with Crippen molar-refractivity contribution in [3.63, 3.8) is 0 Å². The topological polar surface area (TPSA) is 91.6 Å². The lowest BCUT2D eigenvalue weighted by molar-refractivity contribution is -0.572. The Labute approximate surface area is 152 Å². The number of nitrogens with zero attached hydrogens (tertiary/aromatic N) is 3. The van der Waals surface area contributed by atoms with Crippen molar-refractivity contribution in [2.24, 2.45) is 0 Å². The van der Waals surface area contributed by atoms with Crippen LogP contribution in [0.2, 0.25) is 0 Å².